The maximum Gasteiger partial charge on any atom is 2.00 e. The van der Waals surface area contributed by atoms with Crippen LogP contribution in [0.15, 0.2) is 12.1 Å². The first-order chi connectivity index (χ1) is 5.27. The first kappa shape index (κ1) is 11.5. The van der Waals surface area contributed by atoms with E-state index in [-0.39, 0.29) is 21.1 Å². The van der Waals surface area contributed by atoms with Crippen molar-refractivity contribution in [3.05, 3.63) is 23.8 Å². The van der Waals surface area contributed by atoms with Crippen LogP contribution in [0, 0.1) is 13.0 Å². The second-order valence-corrected chi connectivity index (χ2v) is 2.28. The van der Waals surface area contributed by atoms with Crippen molar-refractivity contribution in [1.82, 2.24) is 0 Å². The van der Waals surface area contributed by atoms with E-state index < -0.39 is 0 Å². The van der Waals surface area contributed by atoms with Gasteiger partial charge < -0.3 is 9.47 Å². The Morgan fingerprint density at radius 1 is 1.25 bits per heavy atom. The minimum atomic E-state index is 0. The average molecular weight is 335 g/mol. The van der Waals surface area contributed by atoms with E-state index in [0.29, 0.717) is 5.75 Å². The Morgan fingerprint density at radius 2 is 1.92 bits per heavy atom. The fourth-order valence-electron chi connectivity index (χ4n) is 0.876. The van der Waals surface area contributed by atoms with Gasteiger partial charge in [0.05, 0.1) is 14.2 Å². The molecule has 0 N–H and O–H groups in total. The van der Waals surface area contributed by atoms with Crippen LogP contribution in [-0.4, -0.2) is 14.2 Å². The molecule has 0 aromatic heterocycles. The number of hydrogen-bond acceptors (Lipinski definition) is 2. The van der Waals surface area contributed by atoms with Crippen molar-refractivity contribution in [1.29, 1.82) is 0 Å². The van der Waals surface area contributed by atoms with Crippen molar-refractivity contribution in [3.63, 3.8) is 0 Å². The molecule has 0 aliphatic rings. The molecule has 0 amide bonds. The number of benzene rings is 1. The predicted octanol–water partition coefficient (Wildman–Crippen LogP) is 1.81. The molecule has 0 aliphatic carbocycles. The van der Waals surface area contributed by atoms with Gasteiger partial charge in [-0.05, 0) is 0 Å². The Kier molecular flexibility index (Phi) is 4.99. The van der Waals surface area contributed by atoms with Crippen LogP contribution in [0.1, 0.15) is 5.56 Å². The van der Waals surface area contributed by atoms with Gasteiger partial charge >= 0.3 is 21.1 Å². The topological polar surface area (TPSA) is 18.5 Å². The molecule has 0 unspecified atom stereocenters. The minimum Gasteiger partial charge on any atom is -0.551 e. The molecular formula is C9H11O2W+. The Bertz CT molecular complexity index is 248. The fraction of sp³-hybridized carbons (Fsp3) is 0.333. The van der Waals surface area contributed by atoms with Crippen LogP contribution < -0.4 is 9.47 Å². The molecule has 1 aromatic carbocycles. The van der Waals surface area contributed by atoms with E-state index in [4.69, 9.17) is 9.47 Å². The Hall–Kier alpha value is -0.492. The van der Waals surface area contributed by atoms with Gasteiger partial charge in [0.15, 0.2) is 0 Å². The summed E-state index contributed by atoms with van der Waals surface area (Å²) in [6, 6.07) is 6.73. The van der Waals surface area contributed by atoms with Gasteiger partial charge in [-0.1, -0.05) is 6.92 Å². The van der Waals surface area contributed by atoms with Crippen LogP contribution in [0.3, 0.4) is 0 Å². The maximum absolute atomic E-state index is 5.06. The molecule has 0 atom stereocenters. The largest absolute Gasteiger partial charge is 2.00 e. The molecule has 2 nitrogen and oxygen atoms in total. The van der Waals surface area contributed by atoms with Crippen LogP contribution in [0.2, 0.25) is 0 Å². The predicted molar refractivity (Wildman–Crippen MR) is 43.1 cm³/mol. The number of hydrogen-bond donors (Lipinski definition) is 0. The van der Waals surface area contributed by atoms with E-state index in [2.05, 4.69) is 6.07 Å². The summed E-state index contributed by atoms with van der Waals surface area (Å²) < 4.78 is 10.1. The molecule has 0 saturated heterocycles. The van der Waals surface area contributed by atoms with Crippen LogP contribution in [0.25, 0.3) is 0 Å². The van der Waals surface area contributed by atoms with Gasteiger partial charge in [0, 0.05) is 11.5 Å². The van der Waals surface area contributed by atoms with Gasteiger partial charge in [0.1, 0.15) is 0 Å². The molecular weight excluding hydrogens is 324 g/mol. The molecule has 0 radical (unpaired) electrons. The molecule has 12 heavy (non-hydrogen) atoms. The van der Waals surface area contributed by atoms with Crippen molar-refractivity contribution < 1.29 is 30.5 Å². The van der Waals surface area contributed by atoms with Crippen LogP contribution in [0.5, 0.6) is 11.5 Å². The summed E-state index contributed by atoms with van der Waals surface area (Å²) in [5.41, 5.74) is 1.11. The molecule has 0 bridgehead atoms. The van der Waals surface area contributed by atoms with Gasteiger partial charge in [-0.2, -0.15) is 11.6 Å². The third-order valence-electron chi connectivity index (χ3n) is 1.44. The molecule has 0 spiro atoms. The third-order valence-corrected chi connectivity index (χ3v) is 1.44. The molecule has 1 rings (SSSR count). The van der Waals surface area contributed by atoms with Crippen LogP contribution in [-0.2, 0) is 21.1 Å². The summed E-state index contributed by atoms with van der Waals surface area (Å²) in [5.74, 6) is 1.38. The van der Waals surface area contributed by atoms with Crippen molar-refractivity contribution in [3.8, 4) is 11.5 Å². The van der Waals surface area contributed by atoms with Gasteiger partial charge in [0.2, 0.25) is 0 Å². The van der Waals surface area contributed by atoms with Crippen molar-refractivity contribution >= 4 is 0 Å². The Balaban J connectivity index is 0.00000121. The summed E-state index contributed by atoms with van der Waals surface area (Å²) >= 11 is 0. The van der Waals surface area contributed by atoms with Gasteiger partial charge in [-0.3, -0.25) is 0 Å². The quantitative estimate of drug-likeness (QED) is 0.768. The smallest absolute Gasteiger partial charge is 0.551 e. The van der Waals surface area contributed by atoms with Gasteiger partial charge in [-0.25, -0.2) is 0 Å². The Morgan fingerprint density at radius 3 is 2.42 bits per heavy atom. The standard InChI is InChI=1S/C9H11O2.W/c1-7-4-5-8(10-2)9(6-7)11-3;/h4,6H,1-3H3;/q-1;+2. The first-order valence-corrected chi connectivity index (χ1v) is 3.38. The van der Waals surface area contributed by atoms with Gasteiger partial charge in [0.25, 0.3) is 0 Å². The summed E-state index contributed by atoms with van der Waals surface area (Å²) in [6.45, 7) is 1.98. The first-order valence-electron chi connectivity index (χ1n) is 3.38. The van der Waals surface area contributed by atoms with Crippen molar-refractivity contribution in [2.75, 3.05) is 14.2 Å². The second-order valence-electron chi connectivity index (χ2n) is 2.28. The Labute approximate surface area is 87.1 Å². The van der Waals surface area contributed by atoms with Crippen LogP contribution in [0.4, 0.5) is 0 Å². The summed E-state index contributed by atoms with van der Waals surface area (Å²) in [7, 11) is 3.22. The van der Waals surface area contributed by atoms with Crippen molar-refractivity contribution in [2.24, 2.45) is 0 Å². The molecule has 1 aromatic rings. The van der Waals surface area contributed by atoms with Crippen LogP contribution >= 0.6 is 0 Å². The second kappa shape index (κ2) is 5.21. The zero-order valence-electron chi connectivity index (χ0n) is 7.38. The van der Waals surface area contributed by atoms with E-state index >= 15 is 0 Å². The monoisotopic (exact) mass is 335 g/mol. The number of aryl methyl sites for hydroxylation is 1. The van der Waals surface area contributed by atoms with Crippen molar-refractivity contribution in [2.45, 2.75) is 6.92 Å². The minimum absolute atomic E-state index is 0. The number of ether oxygens (including phenoxy) is 2. The summed E-state index contributed by atoms with van der Waals surface area (Å²) in [4.78, 5) is 0. The average Bonchev–Trinajstić information content (AvgIpc) is 2.04. The number of methoxy groups -OCH3 is 2. The molecule has 0 heterocycles. The molecule has 64 valence electrons. The zero-order valence-corrected chi connectivity index (χ0v) is 10.3. The molecule has 0 aliphatic heterocycles. The SMILES string of the molecule is COc1[c-]cc(C)cc1OC.[W+2]. The summed E-state index contributed by atoms with van der Waals surface area (Å²) in [5, 5.41) is 0. The van der Waals surface area contributed by atoms with E-state index in [1.165, 1.54) is 0 Å². The van der Waals surface area contributed by atoms with E-state index in [1.54, 1.807) is 14.2 Å². The molecule has 0 fully saturated rings. The van der Waals surface area contributed by atoms with E-state index in [0.717, 1.165) is 11.3 Å². The fourth-order valence-corrected chi connectivity index (χ4v) is 0.876. The van der Waals surface area contributed by atoms with E-state index in [1.807, 2.05) is 19.1 Å². The zero-order chi connectivity index (χ0) is 8.27. The molecule has 0 saturated carbocycles. The van der Waals surface area contributed by atoms with E-state index in [9.17, 15) is 0 Å². The normalized spacial score (nSPS) is 8.58. The van der Waals surface area contributed by atoms with Gasteiger partial charge in [-0.15, -0.1) is 12.1 Å². The number of rotatable bonds is 2. The summed E-state index contributed by atoms with van der Waals surface area (Å²) in [6.07, 6.45) is 0. The maximum atomic E-state index is 5.06. The molecule has 3 heteroatoms. The third kappa shape index (κ3) is 2.53.